The van der Waals surface area contributed by atoms with Gasteiger partial charge in [0.1, 0.15) is 0 Å². The fourth-order valence-corrected chi connectivity index (χ4v) is 1.72. The maximum Gasteiger partial charge on any atom is 0.338 e. The standard InChI is InChI=1S/C13H13NO2/c1-2-16-13(15)11-7-3-6-10-9(11)5-4-8-12(10)14/h3-8H,2,14H2,1H3. The summed E-state index contributed by atoms with van der Waals surface area (Å²) in [7, 11) is 0. The first kappa shape index (κ1) is 10.5. The first-order valence-electron chi connectivity index (χ1n) is 5.18. The van der Waals surface area contributed by atoms with Crippen molar-refractivity contribution >= 4 is 22.4 Å². The van der Waals surface area contributed by atoms with Crippen LogP contribution in [0.15, 0.2) is 36.4 Å². The molecular weight excluding hydrogens is 202 g/mol. The molecule has 0 saturated carbocycles. The van der Waals surface area contributed by atoms with Crippen LogP contribution >= 0.6 is 0 Å². The van der Waals surface area contributed by atoms with E-state index in [9.17, 15) is 4.79 Å². The summed E-state index contributed by atoms with van der Waals surface area (Å²) in [6.07, 6.45) is 0. The number of hydrogen-bond donors (Lipinski definition) is 1. The van der Waals surface area contributed by atoms with E-state index in [2.05, 4.69) is 0 Å². The van der Waals surface area contributed by atoms with Gasteiger partial charge in [0.2, 0.25) is 0 Å². The number of esters is 1. The molecule has 0 spiro atoms. The summed E-state index contributed by atoms with van der Waals surface area (Å²) in [5, 5.41) is 1.72. The normalized spacial score (nSPS) is 10.3. The number of nitrogens with two attached hydrogens (primary N) is 1. The number of anilines is 1. The van der Waals surface area contributed by atoms with Crippen LogP contribution in [0.2, 0.25) is 0 Å². The van der Waals surface area contributed by atoms with Crippen molar-refractivity contribution in [1.82, 2.24) is 0 Å². The molecule has 0 amide bonds. The zero-order chi connectivity index (χ0) is 11.5. The number of ether oxygens (including phenoxy) is 1. The minimum atomic E-state index is -0.307. The lowest BCUT2D eigenvalue weighted by molar-refractivity contribution is 0.0528. The van der Waals surface area contributed by atoms with Gasteiger partial charge in [-0.05, 0) is 24.4 Å². The van der Waals surface area contributed by atoms with Gasteiger partial charge in [0.15, 0.2) is 0 Å². The van der Waals surface area contributed by atoms with Crippen molar-refractivity contribution in [2.24, 2.45) is 0 Å². The highest BCUT2D eigenvalue weighted by atomic mass is 16.5. The van der Waals surface area contributed by atoms with Crippen molar-refractivity contribution in [3.8, 4) is 0 Å². The number of fused-ring (bicyclic) bond motifs is 1. The first-order chi connectivity index (χ1) is 7.74. The molecule has 0 aliphatic carbocycles. The van der Waals surface area contributed by atoms with Crippen LogP contribution in [0.4, 0.5) is 5.69 Å². The van der Waals surface area contributed by atoms with Crippen LogP contribution in [0.1, 0.15) is 17.3 Å². The molecule has 0 unspecified atom stereocenters. The largest absolute Gasteiger partial charge is 0.462 e. The van der Waals surface area contributed by atoms with Gasteiger partial charge in [0.05, 0.1) is 12.2 Å². The molecule has 0 aliphatic heterocycles. The smallest absolute Gasteiger partial charge is 0.338 e. The summed E-state index contributed by atoms with van der Waals surface area (Å²) in [6, 6.07) is 11.0. The molecule has 0 heterocycles. The number of nitrogen functional groups attached to an aromatic ring is 1. The molecule has 0 aromatic heterocycles. The second-order valence-corrected chi connectivity index (χ2v) is 3.47. The van der Waals surface area contributed by atoms with E-state index in [1.54, 1.807) is 13.0 Å². The Balaban J connectivity index is 2.62. The molecule has 3 heteroatoms. The minimum absolute atomic E-state index is 0.307. The van der Waals surface area contributed by atoms with E-state index in [4.69, 9.17) is 10.5 Å². The summed E-state index contributed by atoms with van der Waals surface area (Å²) in [5.74, 6) is -0.307. The van der Waals surface area contributed by atoms with Gasteiger partial charge in [0, 0.05) is 11.1 Å². The van der Waals surface area contributed by atoms with Crippen LogP contribution in [0, 0.1) is 0 Å². The highest BCUT2D eigenvalue weighted by Gasteiger charge is 2.10. The average molecular weight is 215 g/mol. The van der Waals surface area contributed by atoms with Crippen molar-refractivity contribution in [2.75, 3.05) is 12.3 Å². The fraction of sp³-hybridized carbons (Fsp3) is 0.154. The van der Waals surface area contributed by atoms with Crippen LogP contribution in [0.25, 0.3) is 10.8 Å². The van der Waals surface area contributed by atoms with E-state index in [0.29, 0.717) is 17.9 Å². The van der Waals surface area contributed by atoms with E-state index in [1.165, 1.54) is 0 Å². The van der Waals surface area contributed by atoms with Gasteiger partial charge in [-0.25, -0.2) is 4.79 Å². The van der Waals surface area contributed by atoms with Gasteiger partial charge in [-0.1, -0.05) is 24.3 Å². The number of benzene rings is 2. The Labute approximate surface area is 93.8 Å². The van der Waals surface area contributed by atoms with Gasteiger partial charge in [0.25, 0.3) is 0 Å². The van der Waals surface area contributed by atoms with Gasteiger partial charge in [-0.15, -0.1) is 0 Å². The number of hydrogen-bond acceptors (Lipinski definition) is 3. The van der Waals surface area contributed by atoms with Gasteiger partial charge in [-0.3, -0.25) is 0 Å². The van der Waals surface area contributed by atoms with E-state index in [1.807, 2.05) is 30.3 Å². The Morgan fingerprint density at radius 3 is 2.62 bits per heavy atom. The molecule has 2 rings (SSSR count). The number of carbonyl (C=O) groups excluding carboxylic acids is 1. The fourth-order valence-electron chi connectivity index (χ4n) is 1.72. The summed E-state index contributed by atoms with van der Waals surface area (Å²) >= 11 is 0. The first-order valence-corrected chi connectivity index (χ1v) is 5.18. The number of carbonyl (C=O) groups is 1. The van der Waals surface area contributed by atoms with Gasteiger partial charge in [-0.2, -0.15) is 0 Å². The van der Waals surface area contributed by atoms with Crippen molar-refractivity contribution in [1.29, 1.82) is 0 Å². The zero-order valence-electron chi connectivity index (χ0n) is 9.07. The number of rotatable bonds is 2. The Hall–Kier alpha value is -2.03. The Kier molecular flexibility index (Phi) is 2.77. The lowest BCUT2D eigenvalue weighted by Gasteiger charge is -2.07. The molecule has 0 bridgehead atoms. The molecular formula is C13H13NO2. The van der Waals surface area contributed by atoms with Crippen LogP contribution in [0.5, 0.6) is 0 Å². The third-order valence-electron chi connectivity index (χ3n) is 2.45. The van der Waals surface area contributed by atoms with Crippen molar-refractivity contribution in [3.05, 3.63) is 42.0 Å². The van der Waals surface area contributed by atoms with E-state index in [-0.39, 0.29) is 5.97 Å². The van der Waals surface area contributed by atoms with Crippen molar-refractivity contribution in [3.63, 3.8) is 0 Å². The van der Waals surface area contributed by atoms with Crippen LogP contribution < -0.4 is 5.73 Å². The van der Waals surface area contributed by atoms with E-state index < -0.39 is 0 Å². The molecule has 0 aliphatic rings. The van der Waals surface area contributed by atoms with Crippen molar-refractivity contribution < 1.29 is 9.53 Å². The molecule has 16 heavy (non-hydrogen) atoms. The highest BCUT2D eigenvalue weighted by Crippen LogP contribution is 2.24. The molecule has 2 N–H and O–H groups in total. The Morgan fingerprint density at radius 2 is 1.88 bits per heavy atom. The second-order valence-electron chi connectivity index (χ2n) is 3.47. The molecule has 0 radical (unpaired) electrons. The Bertz CT molecular complexity index is 534. The van der Waals surface area contributed by atoms with Crippen molar-refractivity contribution in [2.45, 2.75) is 6.92 Å². The lowest BCUT2D eigenvalue weighted by atomic mass is 10.0. The predicted molar refractivity (Wildman–Crippen MR) is 64.3 cm³/mol. The SMILES string of the molecule is CCOC(=O)c1cccc2c(N)cccc12. The molecule has 0 saturated heterocycles. The second kappa shape index (κ2) is 4.23. The van der Waals surface area contributed by atoms with Crippen LogP contribution in [0.3, 0.4) is 0 Å². The third-order valence-corrected chi connectivity index (χ3v) is 2.45. The molecule has 2 aromatic rings. The highest BCUT2D eigenvalue weighted by molar-refractivity contribution is 6.07. The average Bonchev–Trinajstić information content (AvgIpc) is 2.29. The van der Waals surface area contributed by atoms with Gasteiger partial charge >= 0.3 is 5.97 Å². The lowest BCUT2D eigenvalue weighted by Crippen LogP contribution is -2.05. The predicted octanol–water partition coefficient (Wildman–Crippen LogP) is 2.60. The van der Waals surface area contributed by atoms with Crippen LogP contribution in [-0.4, -0.2) is 12.6 Å². The third kappa shape index (κ3) is 1.72. The molecule has 2 aromatic carbocycles. The topological polar surface area (TPSA) is 52.3 Å². The quantitative estimate of drug-likeness (QED) is 0.618. The van der Waals surface area contributed by atoms with Crippen LogP contribution in [-0.2, 0) is 4.74 Å². The van der Waals surface area contributed by atoms with E-state index >= 15 is 0 Å². The summed E-state index contributed by atoms with van der Waals surface area (Å²) in [4.78, 5) is 11.7. The van der Waals surface area contributed by atoms with E-state index in [0.717, 1.165) is 10.8 Å². The molecule has 0 atom stereocenters. The molecule has 0 fully saturated rings. The minimum Gasteiger partial charge on any atom is -0.462 e. The van der Waals surface area contributed by atoms with Gasteiger partial charge < -0.3 is 10.5 Å². The Morgan fingerprint density at radius 1 is 1.19 bits per heavy atom. The summed E-state index contributed by atoms with van der Waals surface area (Å²) < 4.78 is 5.00. The zero-order valence-corrected chi connectivity index (χ0v) is 9.07. The maximum atomic E-state index is 11.7. The summed E-state index contributed by atoms with van der Waals surface area (Å²) in [6.45, 7) is 2.16. The molecule has 3 nitrogen and oxygen atoms in total. The molecule has 82 valence electrons. The summed E-state index contributed by atoms with van der Waals surface area (Å²) in [5.41, 5.74) is 7.08. The monoisotopic (exact) mass is 215 g/mol. The maximum absolute atomic E-state index is 11.7.